The number of aromatic hydroxyl groups is 1. The van der Waals surface area contributed by atoms with Crippen LogP contribution in [0.15, 0.2) is 42.5 Å². The first-order valence-electron chi connectivity index (χ1n) is 14.4. The van der Waals surface area contributed by atoms with E-state index in [9.17, 15) is 19.5 Å². The highest BCUT2D eigenvalue weighted by atomic mass is 28.3. The molecule has 40 heavy (non-hydrogen) atoms. The average molecular weight is 566 g/mol. The number of carbonyl (C=O) groups is 3. The summed E-state index contributed by atoms with van der Waals surface area (Å²) >= 11 is 0. The first-order valence-corrected chi connectivity index (χ1v) is 18.1. The summed E-state index contributed by atoms with van der Waals surface area (Å²) in [5, 5.41) is 10.5. The van der Waals surface area contributed by atoms with E-state index in [4.69, 9.17) is 9.47 Å². The Morgan fingerprint density at radius 1 is 0.950 bits per heavy atom. The molecule has 0 aromatic heterocycles. The molecule has 3 aliphatic carbocycles. The van der Waals surface area contributed by atoms with Gasteiger partial charge in [0.25, 0.3) is 0 Å². The molecule has 2 bridgehead atoms. The Morgan fingerprint density at radius 2 is 1.60 bits per heavy atom. The molecule has 3 aliphatic rings. The first kappa shape index (κ1) is 29.8. The van der Waals surface area contributed by atoms with E-state index in [2.05, 4.69) is 19.6 Å². The standard InChI is InChI=1S/C32H43NO6Si/c1-7-14-38-32(37)30-28-25-17-23(35)12-13-24(25)26(29(30)31(36)39-15-16-40(4,5)6)18-27(28)33(21(3)34)19-22-10-8-20(2)9-11-22/h8-13,17,26-30,35H,7,14-16,18-19H2,1-6H3/t26?,27?,28-,29-,30-/m1/s1. The second-order valence-electron chi connectivity index (χ2n) is 12.6. The number of fused-ring (bicyclic) bond motifs is 2. The zero-order valence-corrected chi connectivity index (χ0v) is 25.6. The summed E-state index contributed by atoms with van der Waals surface area (Å²) in [4.78, 5) is 42.4. The summed E-state index contributed by atoms with van der Waals surface area (Å²) in [6, 6.07) is 13.7. The maximum Gasteiger partial charge on any atom is 0.310 e. The van der Waals surface area contributed by atoms with Crippen LogP contribution in [-0.2, 0) is 30.4 Å². The average Bonchev–Trinajstić information content (AvgIpc) is 2.89. The number of hydrogen-bond donors (Lipinski definition) is 1. The molecule has 8 heteroatoms. The fraction of sp³-hybridized carbons (Fsp3) is 0.531. The highest BCUT2D eigenvalue weighted by molar-refractivity contribution is 6.76. The van der Waals surface area contributed by atoms with Crippen molar-refractivity contribution in [3.8, 4) is 5.75 Å². The van der Waals surface area contributed by atoms with Gasteiger partial charge in [-0.2, -0.15) is 0 Å². The van der Waals surface area contributed by atoms with Crippen molar-refractivity contribution in [1.82, 2.24) is 4.90 Å². The van der Waals surface area contributed by atoms with Gasteiger partial charge in [0.05, 0.1) is 25.0 Å². The zero-order valence-electron chi connectivity index (χ0n) is 24.6. The SMILES string of the molecule is CCCOC(=O)[C@H]1[C@H](C(=O)OCC[Si](C)(C)C)C2CC(N(Cc3ccc(C)cc3)C(C)=O)[C@H]1c1cc(O)ccc12. The van der Waals surface area contributed by atoms with Crippen molar-refractivity contribution >= 4 is 25.9 Å². The summed E-state index contributed by atoms with van der Waals surface area (Å²) in [5.41, 5.74) is 3.87. The van der Waals surface area contributed by atoms with Crippen LogP contribution < -0.4 is 0 Å². The molecule has 7 nitrogen and oxygen atoms in total. The summed E-state index contributed by atoms with van der Waals surface area (Å²) in [6.07, 6.45) is 1.19. The van der Waals surface area contributed by atoms with Gasteiger partial charge in [0.15, 0.2) is 0 Å². The molecule has 2 aromatic rings. The predicted molar refractivity (Wildman–Crippen MR) is 157 cm³/mol. The van der Waals surface area contributed by atoms with Crippen LogP contribution in [0, 0.1) is 18.8 Å². The molecule has 2 unspecified atom stereocenters. The second kappa shape index (κ2) is 12.2. The molecule has 0 radical (unpaired) electrons. The van der Waals surface area contributed by atoms with Crippen LogP contribution in [0.25, 0.3) is 0 Å². The lowest BCUT2D eigenvalue weighted by atomic mass is 9.54. The molecule has 1 N–H and O–H groups in total. The lowest BCUT2D eigenvalue weighted by Crippen LogP contribution is -2.57. The highest BCUT2D eigenvalue weighted by Crippen LogP contribution is 2.58. The Bertz CT molecular complexity index is 1240. The number of carbonyl (C=O) groups excluding carboxylic acids is 3. The fourth-order valence-corrected chi connectivity index (χ4v) is 7.02. The van der Waals surface area contributed by atoms with E-state index in [0.29, 0.717) is 26.0 Å². The van der Waals surface area contributed by atoms with Crippen LogP contribution in [-0.4, -0.2) is 55.2 Å². The van der Waals surface area contributed by atoms with E-state index in [-0.39, 0.29) is 36.2 Å². The van der Waals surface area contributed by atoms with Crippen molar-refractivity contribution in [1.29, 1.82) is 0 Å². The second-order valence-corrected chi connectivity index (χ2v) is 18.2. The lowest BCUT2D eigenvalue weighted by molar-refractivity contribution is -0.168. The molecule has 0 saturated heterocycles. The summed E-state index contributed by atoms with van der Waals surface area (Å²) in [5.74, 6) is -3.22. The number of esters is 2. The Labute approximate surface area is 238 Å². The Hall–Kier alpha value is -3.13. The largest absolute Gasteiger partial charge is 0.508 e. The van der Waals surface area contributed by atoms with Crippen molar-refractivity contribution in [3.63, 3.8) is 0 Å². The van der Waals surface area contributed by atoms with E-state index in [1.54, 1.807) is 19.1 Å². The van der Waals surface area contributed by atoms with Crippen molar-refractivity contribution in [2.75, 3.05) is 13.2 Å². The highest BCUT2D eigenvalue weighted by Gasteiger charge is 2.59. The van der Waals surface area contributed by atoms with E-state index in [1.165, 1.54) is 0 Å². The molecule has 216 valence electrons. The maximum atomic E-state index is 13.7. The first-order chi connectivity index (χ1) is 18.9. The normalized spacial score (nSPS) is 23.3. The van der Waals surface area contributed by atoms with Gasteiger partial charge in [-0.25, -0.2) is 0 Å². The molecular formula is C32H43NO6Si. The van der Waals surface area contributed by atoms with Gasteiger partial charge in [0, 0.05) is 39.4 Å². The van der Waals surface area contributed by atoms with Crippen molar-refractivity contribution in [3.05, 3.63) is 64.7 Å². The number of aryl methyl sites for hydroxylation is 1. The Balaban J connectivity index is 1.76. The van der Waals surface area contributed by atoms with Crippen LogP contribution in [0.2, 0.25) is 25.7 Å². The van der Waals surface area contributed by atoms with Gasteiger partial charge in [-0.3, -0.25) is 14.4 Å². The van der Waals surface area contributed by atoms with Gasteiger partial charge < -0.3 is 19.5 Å². The zero-order chi connectivity index (χ0) is 29.2. The van der Waals surface area contributed by atoms with E-state index in [0.717, 1.165) is 28.3 Å². The van der Waals surface area contributed by atoms with Gasteiger partial charge in [-0.15, -0.1) is 0 Å². The van der Waals surface area contributed by atoms with Crippen LogP contribution in [0.5, 0.6) is 5.75 Å². The number of benzene rings is 2. The smallest absolute Gasteiger partial charge is 0.310 e. The third-order valence-electron chi connectivity index (χ3n) is 8.31. The lowest BCUT2D eigenvalue weighted by Gasteiger charge is -2.54. The monoisotopic (exact) mass is 565 g/mol. The van der Waals surface area contributed by atoms with E-state index in [1.807, 2.05) is 49.1 Å². The van der Waals surface area contributed by atoms with Crippen LogP contribution in [0.4, 0.5) is 0 Å². The summed E-state index contributed by atoms with van der Waals surface area (Å²) in [7, 11) is -1.43. The minimum absolute atomic E-state index is 0.0906. The van der Waals surface area contributed by atoms with Crippen LogP contribution in [0.3, 0.4) is 0 Å². The number of nitrogens with zero attached hydrogens (tertiary/aromatic N) is 1. The van der Waals surface area contributed by atoms with E-state index < -0.39 is 31.8 Å². The number of phenols is 1. The number of hydrogen-bond acceptors (Lipinski definition) is 6. The molecule has 0 aliphatic heterocycles. The van der Waals surface area contributed by atoms with Gasteiger partial charge in [-0.1, -0.05) is 62.5 Å². The third kappa shape index (κ3) is 6.43. The number of rotatable bonds is 10. The quantitative estimate of drug-likeness (QED) is 0.290. The minimum atomic E-state index is -1.43. The van der Waals surface area contributed by atoms with Gasteiger partial charge in [0.1, 0.15) is 5.75 Å². The molecule has 0 spiro atoms. The topological polar surface area (TPSA) is 93.1 Å². The molecule has 1 amide bonds. The molecule has 5 rings (SSSR count). The number of phenolic OH excluding ortho intramolecular Hbond substituents is 1. The molecule has 1 saturated carbocycles. The van der Waals surface area contributed by atoms with Gasteiger partial charge in [-0.05, 0) is 54.6 Å². The molecule has 5 atom stereocenters. The van der Waals surface area contributed by atoms with E-state index >= 15 is 0 Å². The van der Waals surface area contributed by atoms with Gasteiger partial charge >= 0.3 is 11.9 Å². The molecule has 1 fully saturated rings. The van der Waals surface area contributed by atoms with Crippen molar-refractivity contribution in [2.24, 2.45) is 11.8 Å². The Morgan fingerprint density at radius 3 is 2.23 bits per heavy atom. The minimum Gasteiger partial charge on any atom is -0.508 e. The predicted octanol–water partition coefficient (Wildman–Crippen LogP) is 5.77. The van der Waals surface area contributed by atoms with Crippen LogP contribution >= 0.6 is 0 Å². The molecule has 0 heterocycles. The summed E-state index contributed by atoms with van der Waals surface area (Å²) in [6.45, 7) is 13.2. The Kier molecular flexibility index (Phi) is 9.08. The van der Waals surface area contributed by atoms with Crippen molar-refractivity contribution < 1.29 is 29.0 Å². The molecule has 2 aromatic carbocycles. The van der Waals surface area contributed by atoms with Crippen molar-refractivity contribution in [2.45, 2.75) is 83.7 Å². The number of ether oxygens (including phenoxy) is 2. The summed E-state index contributed by atoms with van der Waals surface area (Å²) < 4.78 is 11.5. The number of amides is 1. The fourth-order valence-electron chi connectivity index (χ4n) is 6.31. The van der Waals surface area contributed by atoms with Gasteiger partial charge in [0.2, 0.25) is 5.91 Å². The molecular weight excluding hydrogens is 522 g/mol. The third-order valence-corrected chi connectivity index (χ3v) is 10.0. The maximum absolute atomic E-state index is 13.7. The van der Waals surface area contributed by atoms with Crippen LogP contribution in [0.1, 0.15) is 60.8 Å².